The first kappa shape index (κ1) is 18.9. The van der Waals surface area contributed by atoms with Crippen LogP contribution in [0.4, 0.5) is 0 Å². The molecule has 1 N–H and O–H groups in total. The molecule has 0 spiro atoms. The molecule has 1 saturated heterocycles. The second-order valence-corrected chi connectivity index (χ2v) is 7.00. The molecule has 2 heterocycles. The maximum Gasteiger partial charge on any atom is 0.220 e. The molecule has 0 radical (unpaired) electrons. The first-order valence-electron chi connectivity index (χ1n) is 8.96. The van der Waals surface area contributed by atoms with Gasteiger partial charge < -0.3 is 10.1 Å². The molecule has 24 heavy (non-hydrogen) atoms. The number of hydrogen-bond donors (Lipinski definition) is 1. The van der Waals surface area contributed by atoms with Crippen LogP contribution >= 0.6 is 0 Å². The van der Waals surface area contributed by atoms with Crippen LogP contribution in [0.15, 0.2) is 0 Å². The van der Waals surface area contributed by atoms with Crippen LogP contribution in [0.3, 0.4) is 0 Å². The van der Waals surface area contributed by atoms with E-state index in [9.17, 15) is 4.79 Å². The highest BCUT2D eigenvalue weighted by Gasteiger charge is 2.31. The molecule has 6 heteroatoms. The van der Waals surface area contributed by atoms with Crippen molar-refractivity contribution in [2.24, 2.45) is 7.05 Å². The second-order valence-electron chi connectivity index (χ2n) is 7.00. The molecule has 136 valence electrons. The molecule has 1 aromatic rings. The molecule has 1 aliphatic rings. The molecule has 6 nitrogen and oxygen atoms in total. The number of nitrogens with one attached hydrogen (secondary N) is 1. The lowest BCUT2D eigenvalue weighted by Crippen LogP contribution is -2.56. The lowest BCUT2D eigenvalue weighted by molar-refractivity contribution is -0.122. The van der Waals surface area contributed by atoms with Crippen molar-refractivity contribution in [2.45, 2.75) is 52.5 Å². The number of carbonyl (C=O) groups is 1. The predicted molar refractivity (Wildman–Crippen MR) is 95.1 cm³/mol. The summed E-state index contributed by atoms with van der Waals surface area (Å²) < 4.78 is 7.32. The highest BCUT2D eigenvalue weighted by Crippen LogP contribution is 2.20. The van der Waals surface area contributed by atoms with Crippen LogP contribution < -0.4 is 5.32 Å². The van der Waals surface area contributed by atoms with Crippen molar-refractivity contribution in [1.29, 1.82) is 0 Å². The standard InChI is InChI=1S/C18H32N4O2/c1-6-18(4,22-9-11-24-12-10-22)13-19-17(23)8-7-16-14(2)20-21(5)15(16)3/h6-13H2,1-5H3,(H,19,23)/t18-/m1/s1. The molecule has 1 aliphatic heterocycles. The lowest BCUT2D eigenvalue weighted by Gasteiger charge is -2.43. The first-order chi connectivity index (χ1) is 11.4. The van der Waals surface area contributed by atoms with Crippen LogP contribution in [0.25, 0.3) is 0 Å². The van der Waals surface area contributed by atoms with Gasteiger partial charge in [-0.2, -0.15) is 5.10 Å². The maximum atomic E-state index is 12.3. The predicted octanol–water partition coefficient (Wildman–Crippen LogP) is 1.59. The molecule has 0 saturated carbocycles. The third-order valence-electron chi connectivity index (χ3n) is 5.46. The topological polar surface area (TPSA) is 59.4 Å². The van der Waals surface area contributed by atoms with Gasteiger partial charge >= 0.3 is 0 Å². The van der Waals surface area contributed by atoms with Gasteiger partial charge in [-0.3, -0.25) is 14.4 Å². The van der Waals surface area contributed by atoms with E-state index in [0.29, 0.717) is 13.0 Å². The van der Waals surface area contributed by atoms with Crippen molar-refractivity contribution in [1.82, 2.24) is 20.0 Å². The highest BCUT2D eigenvalue weighted by atomic mass is 16.5. The number of aromatic nitrogens is 2. The van der Waals surface area contributed by atoms with E-state index in [1.165, 1.54) is 5.56 Å². The number of ether oxygens (including phenoxy) is 1. The molecule has 1 aromatic heterocycles. The van der Waals surface area contributed by atoms with Crippen molar-refractivity contribution < 1.29 is 9.53 Å². The van der Waals surface area contributed by atoms with Gasteiger partial charge in [0, 0.05) is 44.3 Å². The normalized spacial score (nSPS) is 18.4. The Hall–Kier alpha value is -1.40. The molecule has 2 rings (SSSR count). The van der Waals surface area contributed by atoms with Crippen LogP contribution in [0, 0.1) is 13.8 Å². The Balaban J connectivity index is 1.85. The van der Waals surface area contributed by atoms with E-state index >= 15 is 0 Å². The Kier molecular flexibility index (Phi) is 6.40. The fourth-order valence-electron chi connectivity index (χ4n) is 3.36. The fraction of sp³-hybridized carbons (Fsp3) is 0.778. The van der Waals surface area contributed by atoms with Gasteiger partial charge in [0.2, 0.25) is 5.91 Å². The number of morpholine rings is 1. The molecular formula is C18H32N4O2. The maximum absolute atomic E-state index is 12.3. The summed E-state index contributed by atoms with van der Waals surface area (Å²) in [5, 5.41) is 7.55. The molecule has 0 aromatic carbocycles. The lowest BCUT2D eigenvalue weighted by atomic mass is 9.95. The van der Waals surface area contributed by atoms with Crippen LogP contribution in [0.2, 0.25) is 0 Å². The number of amides is 1. The SMILES string of the molecule is CC[C@](C)(CNC(=O)CCc1c(C)nn(C)c1C)N1CCOCC1. The molecule has 1 atom stereocenters. The number of carbonyl (C=O) groups excluding carboxylic acids is 1. The van der Waals surface area contributed by atoms with Crippen molar-refractivity contribution in [2.75, 3.05) is 32.8 Å². The van der Waals surface area contributed by atoms with Gasteiger partial charge in [-0.1, -0.05) is 6.92 Å². The fourth-order valence-corrected chi connectivity index (χ4v) is 3.36. The van der Waals surface area contributed by atoms with Gasteiger partial charge in [-0.25, -0.2) is 0 Å². The summed E-state index contributed by atoms with van der Waals surface area (Å²) in [5.41, 5.74) is 3.36. The minimum Gasteiger partial charge on any atom is -0.379 e. The van der Waals surface area contributed by atoms with Gasteiger partial charge in [0.25, 0.3) is 0 Å². The second kappa shape index (κ2) is 8.12. The van der Waals surface area contributed by atoms with Crippen molar-refractivity contribution in [3.63, 3.8) is 0 Å². The van der Waals surface area contributed by atoms with Crippen molar-refractivity contribution in [3.05, 3.63) is 17.0 Å². The summed E-state index contributed by atoms with van der Waals surface area (Å²) in [7, 11) is 1.95. The molecule has 1 fully saturated rings. The molecular weight excluding hydrogens is 304 g/mol. The number of hydrogen-bond acceptors (Lipinski definition) is 4. The summed E-state index contributed by atoms with van der Waals surface area (Å²) >= 11 is 0. The van der Waals surface area contributed by atoms with Crippen LogP contribution in [-0.4, -0.2) is 59.0 Å². The van der Waals surface area contributed by atoms with Crippen LogP contribution in [0.5, 0.6) is 0 Å². The molecule has 0 bridgehead atoms. The van der Waals surface area contributed by atoms with Crippen LogP contribution in [0.1, 0.15) is 43.6 Å². The van der Waals surface area contributed by atoms with Gasteiger partial charge in [0.15, 0.2) is 0 Å². The van der Waals surface area contributed by atoms with Gasteiger partial charge in [-0.05, 0) is 39.2 Å². The number of aryl methyl sites for hydroxylation is 2. The average Bonchev–Trinajstić information content (AvgIpc) is 2.84. The summed E-state index contributed by atoms with van der Waals surface area (Å²) in [4.78, 5) is 14.7. The average molecular weight is 336 g/mol. The molecule has 0 aliphatic carbocycles. The Bertz CT molecular complexity index is 564. The van der Waals surface area contributed by atoms with E-state index < -0.39 is 0 Å². The smallest absolute Gasteiger partial charge is 0.220 e. The van der Waals surface area contributed by atoms with E-state index in [2.05, 4.69) is 36.1 Å². The summed E-state index contributed by atoms with van der Waals surface area (Å²) in [6, 6.07) is 0. The van der Waals surface area contributed by atoms with Crippen LogP contribution in [-0.2, 0) is 23.0 Å². The summed E-state index contributed by atoms with van der Waals surface area (Å²) in [6.07, 6.45) is 2.27. The minimum atomic E-state index is -0.000421. The van der Waals surface area contributed by atoms with E-state index in [1.54, 1.807) is 0 Å². The zero-order valence-corrected chi connectivity index (χ0v) is 15.8. The zero-order chi connectivity index (χ0) is 17.7. The minimum absolute atomic E-state index is 0.000421. The number of nitrogens with zero attached hydrogens (tertiary/aromatic N) is 3. The Labute approximate surface area is 145 Å². The Morgan fingerprint density at radius 2 is 2.00 bits per heavy atom. The Morgan fingerprint density at radius 1 is 1.33 bits per heavy atom. The summed E-state index contributed by atoms with van der Waals surface area (Å²) in [6.45, 7) is 12.6. The number of rotatable bonds is 7. The van der Waals surface area contributed by atoms with Crippen molar-refractivity contribution >= 4 is 5.91 Å². The van der Waals surface area contributed by atoms with E-state index in [4.69, 9.17) is 4.74 Å². The highest BCUT2D eigenvalue weighted by molar-refractivity contribution is 5.76. The monoisotopic (exact) mass is 336 g/mol. The largest absolute Gasteiger partial charge is 0.379 e. The quantitative estimate of drug-likeness (QED) is 0.821. The van der Waals surface area contributed by atoms with Gasteiger partial charge in [0.1, 0.15) is 0 Å². The first-order valence-corrected chi connectivity index (χ1v) is 8.96. The Morgan fingerprint density at radius 3 is 2.54 bits per heavy atom. The zero-order valence-electron chi connectivity index (χ0n) is 15.8. The molecule has 0 unspecified atom stereocenters. The van der Waals surface area contributed by atoms with E-state index in [1.807, 2.05) is 18.7 Å². The molecule has 1 amide bonds. The van der Waals surface area contributed by atoms with E-state index in [-0.39, 0.29) is 11.4 Å². The third-order valence-corrected chi connectivity index (χ3v) is 5.46. The van der Waals surface area contributed by atoms with Crippen molar-refractivity contribution in [3.8, 4) is 0 Å². The van der Waals surface area contributed by atoms with E-state index in [0.717, 1.165) is 50.5 Å². The van der Waals surface area contributed by atoms with Gasteiger partial charge in [-0.15, -0.1) is 0 Å². The van der Waals surface area contributed by atoms with Gasteiger partial charge in [0.05, 0.1) is 18.9 Å². The third kappa shape index (κ3) is 4.36. The summed E-state index contributed by atoms with van der Waals surface area (Å²) in [5.74, 6) is 0.116.